The molecule has 1 saturated carbocycles. The lowest BCUT2D eigenvalue weighted by atomic mass is 9.80. The van der Waals surface area contributed by atoms with Crippen molar-refractivity contribution in [3.8, 4) is 0 Å². The minimum absolute atomic E-state index is 0.177. The Labute approximate surface area is 150 Å². The summed E-state index contributed by atoms with van der Waals surface area (Å²) in [6.45, 7) is 2.14. The number of benzene rings is 1. The summed E-state index contributed by atoms with van der Waals surface area (Å²) in [5, 5.41) is 8.57. The third-order valence-corrected chi connectivity index (χ3v) is 4.83. The fourth-order valence-corrected chi connectivity index (χ4v) is 3.38. The minimum Gasteiger partial charge on any atom is -0.367 e. The number of nitrogens with one attached hydrogen (secondary N) is 1. The number of hydrogen-bond donors (Lipinski definition) is 2. The average molecular weight is 365 g/mol. The van der Waals surface area contributed by atoms with E-state index in [9.17, 15) is 18.4 Å². The Morgan fingerprint density at radius 2 is 1.81 bits per heavy atom. The van der Waals surface area contributed by atoms with Crippen molar-refractivity contribution < 1.29 is 23.6 Å². The molecule has 2 amide bonds. The predicted octanol–water partition coefficient (Wildman–Crippen LogP) is 1.90. The molecule has 1 aromatic carbocycles. The van der Waals surface area contributed by atoms with Crippen LogP contribution in [0.4, 0.5) is 14.5 Å². The summed E-state index contributed by atoms with van der Waals surface area (Å²) < 4.78 is 25.9. The molecule has 0 spiro atoms. The molecule has 1 aromatic rings. The average Bonchev–Trinajstić information content (AvgIpc) is 2.64. The van der Waals surface area contributed by atoms with Crippen molar-refractivity contribution in [2.24, 2.45) is 5.92 Å². The Bertz CT molecular complexity index is 707. The highest BCUT2D eigenvalue weighted by Crippen LogP contribution is 2.43. The number of anilines is 1. The smallest absolute Gasteiger partial charge is 0.267 e. The second-order valence-corrected chi connectivity index (χ2v) is 6.64. The van der Waals surface area contributed by atoms with E-state index in [4.69, 9.17) is 5.21 Å². The number of alkyl halides is 2. The van der Waals surface area contributed by atoms with Gasteiger partial charge in [0.2, 0.25) is 11.8 Å². The largest absolute Gasteiger partial charge is 0.367 e. The van der Waals surface area contributed by atoms with E-state index in [2.05, 4.69) is 4.90 Å². The molecule has 8 heteroatoms. The first kappa shape index (κ1) is 18.3. The lowest BCUT2D eigenvalue weighted by Crippen LogP contribution is -2.53. The summed E-state index contributed by atoms with van der Waals surface area (Å²) in [5.74, 6) is -4.03. The normalized spacial score (nSPS) is 20.1. The van der Waals surface area contributed by atoms with E-state index in [-0.39, 0.29) is 18.7 Å². The molecule has 2 aliphatic rings. The van der Waals surface area contributed by atoms with Crippen molar-refractivity contribution in [3.63, 3.8) is 0 Å². The maximum Gasteiger partial charge on any atom is 0.267 e. The van der Waals surface area contributed by atoms with Crippen LogP contribution in [0.1, 0.15) is 18.4 Å². The van der Waals surface area contributed by atoms with Gasteiger partial charge in [-0.2, -0.15) is 0 Å². The zero-order chi connectivity index (χ0) is 18.7. The van der Waals surface area contributed by atoms with Crippen molar-refractivity contribution in [2.45, 2.75) is 18.8 Å². The number of carbonyl (C=O) groups is 2. The van der Waals surface area contributed by atoms with Crippen LogP contribution in [-0.2, 0) is 9.59 Å². The molecule has 0 bridgehead atoms. The summed E-state index contributed by atoms with van der Waals surface area (Å²) in [6.07, 6.45) is 2.16. The fraction of sp³-hybridized carbons (Fsp3) is 0.444. The third kappa shape index (κ3) is 4.01. The number of rotatable bonds is 4. The summed E-state index contributed by atoms with van der Waals surface area (Å²) >= 11 is 0. The molecular weight excluding hydrogens is 344 g/mol. The molecule has 26 heavy (non-hydrogen) atoms. The minimum atomic E-state index is -2.69. The summed E-state index contributed by atoms with van der Waals surface area (Å²) in [6, 6.07) is 7.49. The topological polar surface area (TPSA) is 72.9 Å². The number of carbonyl (C=O) groups excluding carboxylic acids is 2. The third-order valence-electron chi connectivity index (χ3n) is 4.83. The van der Waals surface area contributed by atoms with Gasteiger partial charge in [-0.15, -0.1) is 0 Å². The summed E-state index contributed by atoms with van der Waals surface area (Å²) in [4.78, 5) is 27.2. The monoisotopic (exact) mass is 365 g/mol. The highest BCUT2D eigenvalue weighted by atomic mass is 19.3. The number of halogens is 2. The Morgan fingerprint density at radius 3 is 2.42 bits per heavy atom. The van der Waals surface area contributed by atoms with Crippen LogP contribution in [0, 0.1) is 5.92 Å². The van der Waals surface area contributed by atoms with Gasteiger partial charge in [-0.25, -0.2) is 14.3 Å². The molecule has 0 aromatic heterocycles. The Balaban J connectivity index is 1.61. The van der Waals surface area contributed by atoms with Crippen LogP contribution in [0.25, 0.3) is 6.08 Å². The molecule has 0 unspecified atom stereocenters. The number of hydroxylamine groups is 1. The van der Waals surface area contributed by atoms with Crippen LogP contribution in [0.5, 0.6) is 0 Å². The first-order valence-corrected chi connectivity index (χ1v) is 8.52. The highest BCUT2D eigenvalue weighted by molar-refractivity contribution is 5.92. The second kappa shape index (κ2) is 7.41. The van der Waals surface area contributed by atoms with Crippen LogP contribution in [0.15, 0.2) is 30.3 Å². The van der Waals surface area contributed by atoms with Gasteiger partial charge >= 0.3 is 0 Å². The Kier molecular flexibility index (Phi) is 5.22. The van der Waals surface area contributed by atoms with E-state index < -0.39 is 17.7 Å². The maximum absolute atomic E-state index is 13.0. The predicted molar refractivity (Wildman–Crippen MR) is 91.9 cm³/mol. The molecule has 2 N–H and O–H groups in total. The van der Waals surface area contributed by atoms with Crippen molar-refractivity contribution in [1.29, 1.82) is 0 Å². The van der Waals surface area contributed by atoms with E-state index in [0.717, 1.165) is 11.3 Å². The van der Waals surface area contributed by atoms with Crippen molar-refractivity contribution in [3.05, 3.63) is 35.9 Å². The zero-order valence-electron chi connectivity index (χ0n) is 14.2. The Hall–Kier alpha value is -2.48. The molecule has 140 valence electrons. The standard InChI is InChI=1S/C18H21F2N3O3/c19-18(20)11-14(12-18)17(25)23-9-7-22(8-10-23)15-4-2-1-3-13(15)5-6-16(24)21-26/h1-6,14,26H,7-12H2,(H,21,24). The Morgan fingerprint density at radius 1 is 1.15 bits per heavy atom. The van der Waals surface area contributed by atoms with E-state index in [1.54, 1.807) is 16.5 Å². The first-order valence-electron chi connectivity index (χ1n) is 8.52. The van der Waals surface area contributed by atoms with Crippen molar-refractivity contribution in [2.75, 3.05) is 31.1 Å². The van der Waals surface area contributed by atoms with E-state index in [0.29, 0.717) is 26.2 Å². The van der Waals surface area contributed by atoms with Gasteiger partial charge in [0.15, 0.2) is 0 Å². The molecule has 6 nitrogen and oxygen atoms in total. The van der Waals surface area contributed by atoms with E-state index in [1.807, 2.05) is 24.3 Å². The number of hydrogen-bond acceptors (Lipinski definition) is 4. The SMILES string of the molecule is O=C(C=Cc1ccccc1N1CCN(C(=O)C2CC(F)(F)C2)CC1)NO. The van der Waals surface area contributed by atoms with Gasteiger partial charge in [0.25, 0.3) is 5.91 Å². The molecule has 3 rings (SSSR count). The number of piperazine rings is 1. The molecule has 1 heterocycles. The van der Waals surface area contributed by atoms with Crippen LogP contribution in [0.2, 0.25) is 0 Å². The lowest BCUT2D eigenvalue weighted by Gasteiger charge is -2.41. The van der Waals surface area contributed by atoms with Crippen LogP contribution < -0.4 is 10.4 Å². The van der Waals surface area contributed by atoms with Gasteiger partial charge in [-0.05, 0) is 17.7 Å². The maximum atomic E-state index is 13.0. The number of para-hydroxylation sites is 1. The summed E-state index contributed by atoms with van der Waals surface area (Å²) in [5.41, 5.74) is 3.27. The van der Waals surface area contributed by atoms with Crippen LogP contribution >= 0.6 is 0 Å². The number of amides is 2. The van der Waals surface area contributed by atoms with E-state index in [1.165, 1.54) is 6.08 Å². The van der Waals surface area contributed by atoms with E-state index >= 15 is 0 Å². The molecule has 1 saturated heterocycles. The van der Waals surface area contributed by atoms with Gasteiger partial charge in [0.05, 0.1) is 0 Å². The molecule has 1 aliphatic carbocycles. The lowest BCUT2D eigenvalue weighted by molar-refractivity contribution is -0.160. The van der Waals surface area contributed by atoms with Gasteiger partial charge < -0.3 is 9.80 Å². The fourth-order valence-electron chi connectivity index (χ4n) is 3.38. The second-order valence-electron chi connectivity index (χ2n) is 6.64. The van der Waals surface area contributed by atoms with Crippen molar-refractivity contribution >= 4 is 23.6 Å². The first-order chi connectivity index (χ1) is 12.4. The van der Waals surface area contributed by atoms with Gasteiger partial charge in [-0.3, -0.25) is 14.8 Å². The van der Waals surface area contributed by atoms with Crippen LogP contribution in [-0.4, -0.2) is 54.0 Å². The van der Waals surface area contributed by atoms with Gasteiger partial charge in [-0.1, -0.05) is 18.2 Å². The van der Waals surface area contributed by atoms with Gasteiger partial charge in [0.1, 0.15) is 0 Å². The molecule has 0 atom stereocenters. The molecular formula is C18H21F2N3O3. The molecule has 2 fully saturated rings. The zero-order valence-corrected chi connectivity index (χ0v) is 14.2. The quantitative estimate of drug-likeness (QED) is 0.486. The van der Waals surface area contributed by atoms with Gasteiger partial charge in [0, 0.05) is 56.7 Å². The summed E-state index contributed by atoms with van der Waals surface area (Å²) in [7, 11) is 0. The molecule has 0 radical (unpaired) electrons. The highest BCUT2D eigenvalue weighted by Gasteiger charge is 2.49. The van der Waals surface area contributed by atoms with Crippen molar-refractivity contribution in [1.82, 2.24) is 10.4 Å². The van der Waals surface area contributed by atoms with Crippen LogP contribution in [0.3, 0.4) is 0 Å². The number of nitrogens with zero attached hydrogens (tertiary/aromatic N) is 2. The molecule has 1 aliphatic heterocycles.